The Morgan fingerprint density at radius 1 is 1.43 bits per heavy atom. The van der Waals surface area contributed by atoms with Crippen molar-refractivity contribution in [3.8, 4) is 0 Å². The second-order valence-electron chi connectivity index (χ2n) is 4.12. The van der Waals surface area contributed by atoms with Gasteiger partial charge in [-0.3, -0.25) is 9.48 Å². The number of hydrogen-bond donors (Lipinski definition) is 0. The highest BCUT2D eigenvalue weighted by Crippen LogP contribution is 2.33. The van der Waals surface area contributed by atoms with Crippen LogP contribution >= 0.6 is 23.4 Å². The Morgan fingerprint density at radius 2 is 2.14 bits per heavy atom. The van der Waals surface area contributed by atoms with E-state index >= 15 is 0 Å². The normalized spacial score (nSPS) is 11.7. The molecule has 0 aliphatic rings. The first-order chi connectivity index (χ1) is 9.77. The van der Waals surface area contributed by atoms with E-state index < -0.39 is 11.7 Å². The Hall–Kier alpha value is -1.54. The van der Waals surface area contributed by atoms with Gasteiger partial charge in [-0.25, -0.2) is 4.98 Å². The fourth-order valence-corrected chi connectivity index (χ4v) is 2.56. The third kappa shape index (κ3) is 3.98. The quantitative estimate of drug-likeness (QED) is 0.634. The summed E-state index contributed by atoms with van der Waals surface area (Å²) in [7, 11) is 1.68. The number of thioether (sulfide) groups is 1. The highest BCUT2D eigenvalue weighted by atomic mass is 35.5. The number of rotatable bonds is 4. The van der Waals surface area contributed by atoms with Crippen LogP contribution in [0.1, 0.15) is 15.9 Å². The summed E-state index contributed by atoms with van der Waals surface area (Å²) in [6, 6.07) is 0.797. The lowest BCUT2D eigenvalue weighted by molar-refractivity contribution is -0.137. The van der Waals surface area contributed by atoms with E-state index in [9.17, 15) is 18.0 Å². The number of hydrogen-bond acceptors (Lipinski definition) is 4. The zero-order chi connectivity index (χ0) is 15.6. The molecule has 0 saturated carbocycles. The van der Waals surface area contributed by atoms with Crippen molar-refractivity contribution in [3.63, 3.8) is 0 Å². The maximum absolute atomic E-state index is 12.5. The number of alkyl halides is 3. The number of carbonyl (C=O) groups is 1. The van der Waals surface area contributed by atoms with Gasteiger partial charge in [0.2, 0.25) is 0 Å². The first-order valence-corrected chi connectivity index (χ1v) is 7.01. The van der Waals surface area contributed by atoms with E-state index in [-0.39, 0.29) is 21.6 Å². The molecule has 0 N–H and O–H groups in total. The summed E-state index contributed by atoms with van der Waals surface area (Å²) in [6.45, 7) is 0. The van der Waals surface area contributed by atoms with Gasteiger partial charge in [0.15, 0.2) is 5.78 Å². The third-order valence-corrected chi connectivity index (χ3v) is 3.91. The van der Waals surface area contributed by atoms with Crippen LogP contribution in [0.3, 0.4) is 0 Å². The molecule has 9 heteroatoms. The molecule has 0 aliphatic carbocycles. The number of pyridine rings is 1. The molecule has 0 unspecified atom stereocenters. The van der Waals surface area contributed by atoms with Crippen LogP contribution < -0.4 is 0 Å². The molecule has 112 valence electrons. The lowest BCUT2D eigenvalue weighted by atomic mass is 10.3. The number of aromatic nitrogens is 3. The first kappa shape index (κ1) is 15.8. The minimum Gasteiger partial charge on any atom is -0.293 e. The number of halogens is 4. The fourth-order valence-electron chi connectivity index (χ4n) is 1.47. The van der Waals surface area contributed by atoms with Crippen LogP contribution in [0.2, 0.25) is 5.02 Å². The molecule has 0 aromatic carbocycles. The maximum atomic E-state index is 12.5. The molecular weight excluding hydrogens is 327 g/mol. The van der Waals surface area contributed by atoms with Crippen LogP contribution in [0.5, 0.6) is 0 Å². The standard InChI is InChI=1S/C12H9ClF3N3OS/c1-19-5-7(3-18-19)10(20)6-21-11-9(13)2-8(4-17-11)12(14,15)16/h2-5H,6H2,1H3. The van der Waals surface area contributed by atoms with E-state index in [0.717, 1.165) is 17.8 Å². The summed E-state index contributed by atoms with van der Waals surface area (Å²) < 4.78 is 38.9. The molecular formula is C12H9ClF3N3OS. The second-order valence-corrected chi connectivity index (χ2v) is 5.49. The number of Topliss-reactive ketones (excluding diaryl/α,β-unsaturated/α-hetero) is 1. The zero-order valence-corrected chi connectivity index (χ0v) is 12.3. The van der Waals surface area contributed by atoms with Crippen molar-refractivity contribution in [1.82, 2.24) is 14.8 Å². The van der Waals surface area contributed by atoms with Crippen LogP contribution in [0.15, 0.2) is 29.7 Å². The molecule has 2 rings (SSSR count). The molecule has 0 aliphatic heterocycles. The molecule has 0 fully saturated rings. The van der Waals surface area contributed by atoms with Crippen molar-refractivity contribution in [2.75, 3.05) is 5.75 Å². The van der Waals surface area contributed by atoms with Crippen LogP contribution in [-0.4, -0.2) is 26.3 Å². The molecule has 21 heavy (non-hydrogen) atoms. The van der Waals surface area contributed by atoms with Crippen molar-refractivity contribution in [1.29, 1.82) is 0 Å². The SMILES string of the molecule is Cn1cc(C(=O)CSc2ncc(C(F)(F)F)cc2Cl)cn1. The zero-order valence-electron chi connectivity index (χ0n) is 10.7. The van der Waals surface area contributed by atoms with E-state index in [1.54, 1.807) is 13.2 Å². The Morgan fingerprint density at radius 3 is 2.67 bits per heavy atom. The van der Waals surface area contributed by atoms with Gasteiger partial charge in [0.1, 0.15) is 5.03 Å². The number of ketones is 1. The smallest absolute Gasteiger partial charge is 0.293 e. The molecule has 0 spiro atoms. The molecule has 0 atom stereocenters. The predicted octanol–water partition coefficient (Wildman–Crippen LogP) is 3.46. The van der Waals surface area contributed by atoms with E-state index in [4.69, 9.17) is 11.6 Å². The van der Waals surface area contributed by atoms with Gasteiger partial charge in [0, 0.05) is 19.4 Å². The molecule has 0 radical (unpaired) electrons. The van der Waals surface area contributed by atoms with Gasteiger partial charge >= 0.3 is 6.18 Å². The van der Waals surface area contributed by atoms with E-state index in [0.29, 0.717) is 11.8 Å². The van der Waals surface area contributed by atoms with Gasteiger partial charge in [-0.2, -0.15) is 18.3 Å². The van der Waals surface area contributed by atoms with Gasteiger partial charge in [-0.15, -0.1) is 0 Å². The number of aryl methyl sites for hydroxylation is 1. The van der Waals surface area contributed by atoms with Crippen molar-refractivity contribution >= 4 is 29.1 Å². The average molecular weight is 336 g/mol. The van der Waals surface area contributed by atoms with Crippen molar-refractivity contribution in [3.05, 3.63) is 40.8 Å². The maximum Gasteiger partial charge on any atom is 0.417 e. The van der Waals surface area contributed by atoms with Crippen LogP contribution in [-0.2, 0) is 13.2 Å². The van der Waals surface area contributed by atoms with E-state index in [1.807, 2.05) is 0 Å². The largest absolute Gasteiger partial charge is 0.417 e. The topological polar surface area (TPSA) is 47.8 Å². The van der Waals surface area contributed by atoms with Gasteiger partial charge in [-0.05, 0) is 6.07 Å². The lowest BCUT2D eigenvalue weighted by Crippen LogP contribution is -2.06. The summed E-state index contributed by atoms with van der Waals surface area (Å²) in [5.74, 6) is -0.185. The van der Waals surface area contributed by atoms with Gasteiger partial charge < -0.3 is 0 Å². The molecule has 0 amide bonds. The molecule has 2 aromatic rings. The summed E-state index contributed by atoms with van der Waals surface area (Å²) in [6.07, 6.45) is -0.816. The van der Waals surface area contributed by atoms with Gasteiger partial charge in [-0.1, -0.05) is 23.4 Å². The minimum absolute atomic E-state index is 0.0176. The van der Waals surface area contributed by atoms with Crippen molar-refractivity contribution in [2.45, 2.75) is 11.2 Å². The lowest BCUT2D eigenvalue weighted by Gasteiger charge is -2.08. The fraction of sp³-hybridized carbons (Fsp3) is 0.250. The van der Waals surface area contributed by atoms with Gasteiger partial charge in [0.25, 0.3) is 0 Å². The third-order valence-electron chi connectivity index (χ3n) is 2.50. The molecule has 2 aromatic heterocycles. The highest BCUT2D eigenvalue weighted by Gasteiger charge is 2.31. The van der Waals surface area contributed by atoms with Crippen LogP contribution in [0.4, 0.5) is 13.2 Å². The summed E-state index contributed by atoms with van der Waals surface area (Å²) in [4.78, 5) is 15.5. The van der Waals surface area contributed by atoms with Crippen LogP contribution in [0, 0.1) is 0 Å². The van der Waals surface area contributed by atoms with Crippen LogP contribution in [0.25, 0.3) is 0 Å². The van der Waals surface area contributed by atoms with Gasteiger partial charge in [0.05, 0.1) is 28.1 Å². The Labute approximate surface area is 127 Å². The first-order valence-electron chi connectivity index (χ1n) is 5.65. The average Bonchev–Trinajstić information content (AvgIpc) is 2.82. The second kappa shape index (κ2) is 6.07. The van der Waals surface area contributed by atoms with E-state index in [1.165, 1.54) is 10.9 Å². The molecule has 0 bridgehead atoms. The van der Waals surface area contributed by atoms with Crippen molar-refractivity contribution < 1.29 is 18.0 Å². The monoisotopic (exact) mass is 335 g/mol. The molecule has 0 saturated heterocycles. The highest BCUT2D eigenvalue weighted by molar-refractivity contribution is 8.00. The Bertz CT molecular complexity index is 672. The number of carbonyl (C=O) groups excluding carboxylic acids is 1. The van der Waals surface area contributed by atoms with Crippen molar-refractivity contribution in [2.24, 2.45) is 7.05 Å². The summed E-state index contributed by atoms with van der Waals surface area (Å²) >= 11 is 6.74. The summed E-state index contributed by atoms with van der Waals surface area (Å²) in [5, 5.41) is 3.92. The van der Waals surface area contributed by atoms with E-state index in [2.05, 4.69) is 10.1 Å². The number of nitrogens with zero attached hydrogens (tertiary/aromatic N) is 3. The minimum atomic E-state index is -4.49. The predicted molar refractivity (Wildman–Crippen MR) is 72.5 cm³/mol. The Balaban J connectivity index is 2.05. The molecule has 2 heterocycles. The molecule has 4 nitrogen and oxygen atoms in total. The summed E-state index contributed by atoms with van der Waals surface area (Å²) in [5.41, 5.74) is -0.497. The Kier molecular flexibility index (Phi) is 4.58.